The second kappa shape index (κ2) is 6.30. The molecule has 6 heteroatoms. The second-order valence-corrected chi connectivity index (χ2v) is 8.18. The minimum absolute atomic E-state index is 0.175. The number of carbonyl (C=O) groups excluding carboxylic acids is 2. The third kappa shape index (κ3) is 2.92. The lowest BCUT2D eigenvalue weighted by Crippen LogP contribution is -2.22. The highest BCUT2D eigenvalue weighted by atomic mass is 16.1. The van der Waals surface area contributed by atoms with Gasteiger partial charge in [0.25, 0.3) is 0 Å². The van der Waals surface area contributed by atoms with Crippen LogP contribution < -0.4 is 10.6 Å². The van der Waals surface area contributed by atoms with E-state index in [1.54, 1.807) is 6.20 Å². The lowest BCUT2D eigenvalue weighted by Gasteiger charge is -2.18. The zero-order valence-electron chi connectivity index (χ0n) is 16.4. The number of ketones is 1. The van der Waals surface area contributed by atoms with Crippen LogP contribution in [0.2, 0.25) is 0 Å². The van der Waals surface area contributed by atoms with Gasteiger partial charge >= 0.3 is 0 Å². The van der Waals surface area contributed by atoms with Gasteiger partial charge in [0.05, 0.1) is 16.9 Å². The van der Waals surface area contributed by atoms with Crippen molar-refractivity contribution >= 4 is 28.9 Å². The summed E-state index contributed by atoms with van der Waals surface area (Å²) in [5.74, 6) is 0.937. The van der Waals surface area contributed by atoms with Gasteiger partial charge in [-0.15, -0.1) is 0 Å². The van der Waals surface area contributed by atoms with E-state index in [0.717, 1.165) is 46.7 Å². The van der Waals surface area contributed by atoms with Crippen molar-refractivity contribution in [1.29, 1.82) is 0 Å². The molecule has 2 aromatic heterocycles. The first-order chi connectivity index (χ1) is 14.0. The van der Waals surface area contributed by atoms with Crippen LogP contribution in [0.1, 0.15) is 36.3 Å². The fourth-order valence-corrected chi connectivity index (χ4v) is 4.36. The number of benzene rings is 1. The monoisotopic (exact) mass is 386 g/mol. The number of hydrogen-bond donors (Lipinski definition) is 3. The number of para-hydroxylation sites is 1. The fourth-order valence-electron chi connectivity index (χ4n) is 4.36. The average molecular weight is 386 g/mol. The summed E-state index contributed by atoms with van der Waals surface area (Å²) in [4.78, 5) is 32.5. The predicted octanol–water partition coefficient (Wildman–Crippen LogP) is 4.54. The van der Waals surface area contributed by atoms with Crippen LogP contribution in [0.15, 0.2) is 48.7 Å². The van der Waals surface area contributed by atoms with Crippen LogP contribution in [0.25, 0.3) is 11.3 Å². The number of amides is 1. The summed E-state index contributed by atoms with van der Waals surface area (Å²) in [5.41, 5.74) is 4.93. The molecule has 1 aromatic carbocycles. The van der Waals surface area contributed by atoms with Crippen molar-refractivity contribution in [3.05, 3.63) is 59.9 Å². The number of anilines is 3. The van der Waals surface area contributed by atoms with Crippen LogP contribution >= 0.6 is 0 Å². The molecule has 0 radical (unpaired) electrons. The van der Waals surface area contributed by atoms with Gasteiger partial charge in [-0.1, -0.05) is 25.1 Å². The molecule has 1 amide bonds. The second-order valence-electron chi connectivity index (χ2n) is 8.18. The molecule has 3 aromatic rings. The van der Waals surface area contributed by atoms with Gasteiger partial charge in [-0.05, 0) is 43.0 Å². The van der Waals surface area contributed by atoms with Gasteiger partial charge in [-0.2, -0.15) is 0 Å². The first kappa shape index (κ1) is 17.7. The number of carbonyl (C=O) groups is 2. The van der Waals surface area contributed by atoms with Crippen molar-refractivity contribution in [3.63, 3.8) is 0 Å². The highest BCUT2D eigenvalue weighted by Crippen LogP contribution is 2.60. The van der Waals surface area contributed by atoms with E-state index in [9.17, 15) is 9.59 Å². The first-order valence-corrected chi connectivity index (χ1v) is 9.81. The van der Waals surface area contributed by atoms with Gasteiger partial charge in [0.15, 0.2) is 5.78 Å². The Kier molecular flexibility index (Phi) is 3.84. The first-order valence-electron chi connectivity index (χ1n) is 9.81. The number of aromatic amines is 1. The molecule has 0 spiro atoms. The number of nitrogens with zero attached hydrogens (tertiary/aromatic N) is 1. The average Bonchev–Trinajstić information content (AvgIpc) is 3.24. The molecule has 0 aliphatic heterocycles. The zero-order valence-corrected chi connectivity index (χ0v) is 16.4. The van der Waals surface area contributed by atoms with Crippen LogP contribution in [0.3, 0.4) is 0 Å². The number of rotatable bonds is 4. The van der Waals surface area contributed by atoms with E-state index in [1.807, 2.05) is 42.5 Å². The lowest BCUT2D eigenvalue weighted by atomic mass is 9.86. The predicted molar refractivity (Wildman–Crippen MR) is 112 cm³/mol. The summed E-state index contributed by atoms with van der Waals surface area (Å²) in [6, 6.07) is 13.5. The molecule has 0 saturated heterocycles. The minimum Gasteiger partial charge on any atom is -0.356 e. The lowest BCUT2D eigenvalue weighted by molar-refractivity contribution is -0.114. The quantitative estimate of drug-likeness (QED) is 0.614. The topological polar surface area (TPSA) is 86.9 Å². The van der Waals surface area contributed by atoms with Gasteiger partial charge in [0, 0.05) is 35.5 Å². The summed E-state index contributed by atoms with van der Waals surface area (Å²) in [5, 5.41) is 6.19. The van der Waals surface area contributed by atoms with Crippen LogP contribution in [0.5, 0.6) is 0 Å². The maximum atomic E-state index is 13.3. The van der Waals surface area contributed by atoms with E-state index >= 15 is 0 Å². The summed E-state index contributed by atoms with van der Waals surface area (Å²) in [7, 11) is 0. The molecule has 2 aliphatic rings. The number of aromatic nitrogens is 2. The number of H-pyrrole nitrogens is 1. The molecule has 146 valence electrons. The van der Waals surface area contributed by atoms with Crippen molar-refractivity contribution in [2.45, 2.75) is 26.7 Å². The molecule has 1 saturated carbocycles. The minimum atomic E-state index is -0.237. The van der Waals surface area contributed by atoms with Gasteiger partial charge < -0.3 is 15.6 Å². The normalized spacial score (nSPS) is 21.9. The van der Waals surface area contributed by atoms with E-state index in [1.165, 1.54) is 6.92 Å². The molecular formula is C23H22N4O2. The number of nitrogens with one attached hydrogen (secondary N) is 3. The van der Waals surface area contributed by atoms with E-state index < -0.39 is 0 Å². The van der Waals surface area contributed by atoms with Gasteiger partial charge in [0.2, 0.25) is 5.91 Å². The third-order valence-corrected chi connectivity index (χ3v) is 6.08. The number of hydrogen-bond acceptors (Lipinski definition) is 4. The molecule has 6 nitrogen and oxygen atoms in total. The van der Waals surface area contributed by atoms with Crippen LogP contribution in [-0.4, -0.2) is 21.7 Å². The molecule has 1 fully saturated rings. The van der Waals surface area contributed by atoms with E-state index in [0.29, 0.717) is 11.7 Å². The standard InChI is InChI=1S/C23H22N4O2/c1-13(28)25-18-10-14(8-9-24-18)20-21(26-16-6-4-3-5-7-16)19-17(27-20)11-15-12-23(15,2)22(19)29/h3-10,15,26-27H,11-12H2,1-2H3,(H,24,25,28)/t15?,23-/m0/s1. The van der Waals surface area contributed by atoms with Crippen molar-refractivity contribution in [3.8, 4) is 11.3 Å². The van der Waals surface area contributed by atoms with Crippen LogP contribution in [0, 0.1) is 11.3 Å². The SMILES string of the molecule is CC(=O)Nc1cc(-c2[nH]c3c(c2Nc2ccccc2)C(=O)[C@@]2(C)CC2C3)ccn1. The summed E-state index contributed by atoms with van der Waals surface area (Å²) >= 11 is 0. The Morgan fingerprint density at radius 3 is 2.79 bits per heavy atom. The molecule has 5 rings (SSSR count). The number of pyridine rings is 1. The van der Waals surface area contributed by atoms with E-state index in [-0.39, 0.29) is 17.1 Å². The van der Waals surface area contributed by atoms with Gasteiger partial charge in [-0.3, -0.25) is 9.59 Å². The molecular weight excluding hydrogens is 364 g/mol. The molecule has 29 heavy (non-hydrogen) atoms. The molecule has 1 unspecified atom stereocenters. The van der Waals surface area contributed by atoms with E-state index in [4.69, 9.17) is 0 Å². The highest BCUT2D eigenvalue weighted by Gasteiger charge is 2.59. The summed E-state index contributed by atoms with van der Waals surface area (Å²) in [6.07, 6.45) is 3.49. The Balaban J connectivity index is 1.64. The van der Waals surface area contributed by atoms with Gasteiger partial charge in [-0.25, -0.2) is 4.98 Å². The fraction of sp³-hybridized carbons (Fsp3) is 0.261. The molecule has 2 heterocycles. The van der Waals surface area contributed by atoms with E-state index in [2.05, 4.69) is 27.5 Å². The maximum Gasteiger partial charge on any atom is 0.222 e. The van der Waals surface area contributed by atoms with Crippen LogP contribution in [0.4, 0.5) is 17.2 Å². The van der Waals surface area contributed by atoms with Crippen molar-refractivity contribution in [2.24, 2.45) is 11.3 Å². The highest BCUT2D eigenvalue weighted by molar-refractivity contribution is 6.12. The van der Waals surface area contributed by atoms with Crippen LogP contribution in [-0.2, 0) is 11.2 Å². The Labute approximate surface area is 168 Å². The number of fused-ring (bicyclic) bond motifs is 2. The Hall–Kier alpha value is -3.41. The number of Topliss-reactive ketones (excluding diaryl/α,β-unsaturated/α-hetero) is 1. The third-order valence-electron chi connectivity index (χ3n) is 6.08. The molecule has 3 N–H and O–H groups in total. The molecule has 2 aliphatic carbocycles. The summed E-state index contributed by atoms with van der Waals surface area (Å²) < 4.78 is 0. The smallest absolute Gasteiger partial charge is 0.222 e. The Bertz CT molecular complexity index is 1140. The van der Waals surface area contributed by atoms with Crippen molar-refractivity contribution < 1.29 is 9.59 Å². The largest absolute Gasteiger partial charge is 0.356 e. The maximum absolute atomic E-state index is 13.3. The van der Waals surface area contributed by atoms with Gasteiger partial charge in [0.1, 0.15) is 5.82 Å². The molecule has 0 bridgehead atoms. The van der Waals surface area contributed by atoms with Crippen molar-refractivity contribution in [1.82, 2.24) is 9.97 Å². The summed E-state index contributed by atoms with van der Waals surface area (Å²) in [6.45, 7) is 3.53. The Morgan fingerprint density at radius 2 is 2.03 bits per heavy atom. The Morgan fingerprint density at radius 1 is 1.24 bits per heavy atom. The zero-order chi connectivity index (χ0) is 20.2. The molecule has 2 atom stereocenters. The van der Waals surface area contributed by atoms with Crippen molar-refractivity contribution in [2.75, 3.05) is 10.6 Å².